The smallest absolute Gasteiger partial charge is 0.268 e. The number of amides is 1. The zero-order valence-corrected chi connectivity index (χ0v) is 21.5. The second-order valence-electron chi connectivity index (χ2n) is 9.94. The maximum Gasteiger partial charge on any atom is 0.268 e. The molecule has 1 saturated heterocycles. The van der Waals surface area contributed by atoms with Crippen molar-refractivity contribution in [2.75, 3.05) is 17.2 Å². The van der Waals surface area contributed by atoms with E-state index in [1.54, 1.807) is 12.1 Å². The Morgan fingerprint density at radius 2 is 1.91 bits per heavy atom. The van der Waals surface area contributed by atoms with E-state index in [4.69, 9.17) is 10.7 Å². The SMILES string of the molecule is Cc1ccc(C)c(-c2ccc(C(=O)NS(=O)(=O)c3cccnc3N)c(N3C[C@@H](C)CC3(C)C)n2)c1. The van der Waals surface area contributed by atoms with E-state index in [0.717, 1.165) is 28.8 Å². The molecule has 1 aliphatic rings. The summed E-state index contributed by atoms with van der Waals surface area (Å²) < 4.78 is 28.0. The molecule has 1 fully saturated rings. The highest BCUT2D eigenvalue weighted by Crippen LogP contribution is 2.38. The number of nitrogens with zero attached hydrogens (tertiary/aromatic N) is 3. The van der Waals surface area contributed by atoms with Crippen molar-refractivity contribution >= 4 is 27.6 Å². The molecular weight excluding hydrogens is 462 g/mol. The molecule has 1 atom stereocenters. The number of anilines is 2. The number of hydrogen-bond acceptors (Lipinski definition) is 7. The minimum Gasteiger partial charge on any atom is -0.383 e. The van der Waals surface area contributed by atoms with Crippen molar-refractivity contribution in [2.45, 2.75) is 51.5 Å². The van der Waals surface area contributed by atoms with Crippen LogP contribution in [0.1, 0.15) is 48.7 Å². The zero-order valence-electron chi connectivity index (χ0n) is 20.7. The Morgan fingerprint density at radius 3 is 2.57 bits per heavy atom. The lowest BCUT2D eigenvalue weighted by Gasteiger charge is -2.34. The van der Waals surface area contributed by atoms with Crippen LogP contribution in [0.2, 0.25) is 0 Å². The Morgan fingerprint density at radius 1 is 1.17 bits per heavy atom. The van der Waals surface area contributed by atoms with E-state index in [-0.39, 0.29) is 21.8 Å². The lowest BCUT2D eigenvalue weighted by molar-refractivity contribution is 0.0981. The van der Waals surface area contributed by atoms with Crippen LogP contribution in [0.5, 0.6) is 0 Å². The van der Waals surface area contributed by atoms with Gasteiger partial charge in [-0.3, -0.25) is 4.79 Å². The minimum atomic E-state index is -4.23. The van der Waals surface area contributed by atoms with Crippen molar-refractivity contribution in [1.29, 1.82) is 0 Å². The summed E-state index contributed by atoms with van der Waals surface area (Å²) in [5.74, 6) is -0.0832. The van der Waals surface area contributed by atoms with Gasteiger partial charge in [0.15, 0.2) is 0 Å². The molecule has 0 unspecified atom stereocenters. The van der Waals surface area contributed by atoms with Gasteiger partial charge in [-0.25, -0.2) is 23.1 Å². The van der Waals surface area contributed by atoms with Crippen LogP contribution < -0.4 is 15.4 Å². The highest BCUT2D eigenvalue weighted by molar-refractivity contribution is 7.90. The van der Waals surface area contributed by atoms with Crippen molar-refractivity contribution in [3.05, 3.63) is 65.4 Å². The molecule has 0 bridgehead atoms. The van der Waals surface area contributed by atoms with E-state index in [2.05, 4.69) is 41.4 Å². The number of nitrogens with two attached hydrogens (primary N) is 1. The van der Waals surface area contributed by atoms with Crippen molar-refractivity contribution in [3.63, 3.8) is 0 Å². The second-order valence-corrected chi connectivity index (χ2v) is 11.6. The molecule has 4 rings (SSSR count). The van der Waals surface area contributed by atoms with Gasteiger partial charge in [0.05, 0.1) is 11.3 Å². The normalized spacial score (nSPS) is 17.4. The van der Waals surface area contributed by atoms with Crippen LogP contribution in [0.25, 0.3) is 11.3 Å². The van der Waals surface area contributed by atoms with E-state index in [0.29, 0.717) is 18.3 Å². The van der Waals surface area contributed by atoms with E-state index in [1.165, 1.54) is 18.3 Å². The third-order valence-electron chi connectivity index (χ3n) is 6.43. The van der Waals surface area contributed by atoms with Crippen molar-refractivity contribution in [2.24, 2.45) is 5.92 Å². The number of hydrogen-bond donors (Lipinski definition) is 2. The predicted octanol–water partition coefficient (Wildman–Crippen LogP) is 4.09. The molecule has 35 heavy (non-hydrogen) atoms. The van der Waals surface area contributed by atoms with Crippen molar-refractivity contribution in [1.82, 2.24) is 14.7 Å². The standard InChI is InChI=1S/C26H31N5O3S/c1-16-8-9-18(3)20(13-16)21-11-10-19(24(29-21)31-15-17(2)14-26(31,4)5)25(32)30-35(33,34)22-7-6-12-28-23(22)27/h6-13,17H,14-15H2,1-5H3,(H2,27,28)(H,30,32)/t17-/m0/s1. The third kappa shape index (κ3) is 4.86. The minimum absolute atomic E-state index is 0.175. The topological polar surface area (TPSA) is 118 Å². The molecule has 0 radical (unpaired) electrons. The zero-order chi connectivity index (χ0) is 25.5. The number of carbonyl (C=O) groups is 1. The van der Waals surface area contributed by atoms with Crippen LogP contribution in [0.3, 0.4) is 0 Å². The maximum absolute atomic E-state index is 13.4. The Hall–Kier alpha value is -3.46. The first-order valence-electron chi connectivity index (χ1n) is 11.5. The molecule has 3 heterocycles. The van der Waals surface area contributed by atoms with Crippen LogP contribution in [0.4, 0.5) is 11.6 Å². The molecule has 8 nitrogen and oxygen atoms in total. The van der Waals surface area contributed by atoms with Gasteiger partial charge in [-0.15, -0.1) is 0 Å². The summed E-state index contributed by atoms with van der Waals surface area (Å²) in [5, 5.41) is 0. The van der Waals surface area contributed by atoms with E-state index in [9.17, 15) is 13.2 Å². The Balaban J connectivity index is 1.81. The van der Waals surface area contributed by atoms with E-state index < -0.39 is 15.9 Å². The first-order valence-corrected chi connectivity index (χ1v) is 13.0. The number of carbonyl (C=O) groups excluding carboxylic acids is 1. The molecule has 0 saturated carbocycles. The number of benzene rings is 1. The third-order valence-corrected chi connectivity index (χ3v) is 7.81. The van der Waals surface area contributed by atoms with Crippen LogP contribution in [-0.4, -0.2) is 36.4 Å². The van der Waals surface area contributed by atoms with Gasteiger partial charge in [0.1, 0.15) is 16.5 Å². The Labute approximate surface area is 206 Å². The van der Waals surface area contributed by atoms with Gasteiger partial charge in [-0.1, -0.05) is 24.6 Å². The number of pyridine rings is 2. The lowest BCUT2D eigenvalue weighted by Crippen LogP contribution is -2.41. The number of aryl methyl sites for hydroxylation is 2. The molecule has 9 heteroatoms. The lowest BCUT2D eigenvalue weighted by atomic mass is 9.97. The fourth-order valence-corrected chi connectivity index (χ4v) is 5.86. The van der Waals surface area contributed by atoms with Crippen molar-refractivity contribution in [3.8, 4) is 11.3 Å². The average Bonchev–Trinajstić information content (AvgIpc) is 3.06. The van der Waals surface area contributed by atoms with E-state index in [1.807, 2.05) is 26.0 Å². The number of nitrogen functional groups attached to an aromatic ring is 1. The van der Waals surface area contributed by atoms with Gasteiger partial charge in [-0.05, 0) is 75.9 Å². The second kappa shape index (κ2) is 8.96. The Kier molecular flexibility index (Phi) is 6.31. The van der Waals surface area contributed by atoms with Gasteiger partial charge in [0, 0.05) is 23.8 Å². The quantitative estimate of drug-likeness (QED) is 0.550. The summed E-state index contributed by atoms with van der Waals surface area (Å²) in [5.41, 5.74) is 9.55. The monoisotopic (exact) mass is 493 g/mol. The molecule has 3 N–H and O–H groups in total. The van der Waals surface area contributed by atoms with Crippen molar-refractivity contribution < 1.29 is 13.2 Å². The van der Waals surface area contributed by atoms with Gasteiger partial charge >= 0.3 is 0 Å². The number of aromatic nitrogens is 2. The molecule has 1 aromatic carbocycles. The largest absolute Gasteiger partial charge is 0.383 e. The molecule has 3 aromatic rings. The summed E-state index contributed by atoms with van der Waals surface area (Å²) in [7, 11) is -4.23. The fraction of sp³-hybridized carbons (Fsp3) is 0.346. The first-order chi connectivity index (χ1) is 16.4. The van der Waals surface area contributed by atoms with Gasteiger partial charge in [-0.2, -0.15) is 0 Å². The van der Waals surface area contributed by atoms with E-state index >= 15 is 0 Å². The summed E-state index contributed by atoms with van der Waals surface area (Å²) in [6, 6.07) is 12.3. The maximum atomic E-state index is 13.4. The average molecular weight is 494 g/mol. The summed E-state index contributed by atoms with van der Waals surface area (Å²) in [6.07, 6.45) is 2.31. The molecule has 1 aliphatic heterocycles. The number of rotatable bonds is 5. The summed E-state index contributed by atoms with van der Waals surface area (Å²) in [4.78, 5) is 24.0. The van der Waals surface area contributed by atoms with Crippen LogP contribution in [0.15, 0.2) is 53.6 Å². The van der Waals surface area contributed by atoms with Crippen LogP contribution in [0, 0.1) is 19.8 Å². The van der Waals surface area contributed by atoms with Gasteiger partial charge in [0.2, 0.25) is 0 Å². The Bertz CT molecular complexity index is 1400. The highest BCUT2D eigenvalue weighted by Gasteiger charge is 2.39. The molecule has 2 aromatic heterocycles. The highest BCUT2D eigenvalue weighted by atomic mass is 32.2. The van der Waals surface area contributed by atoms with Crippen LogP contribution in [-0.2, 0) is 10.0 Å². The first kappa shape index (κ1) is 24.7. The molecule has 1 amide bonds. The molecule has 184 valence electrons. The van der Waals surface area contributed by atoms with Gasteiger partial charge < -0.3 is 10.6 Å². The summed E-state index contributed by atoms with van der Waals surface area (Å²) >= 11 is 0. The predicted molar refractivity (Wildman–Crippen MR) is 138 cm³/mol. The molecular formula is C26H31N5O3S. The summed E-state index contributed by atoms with van der Waals surface area (Å²) in [6.45, 7) is 11.1. The van der Waals surface area contributed by atoms with Gasteiger partial charge in [0.25, 0.3) is 15.9 Å². The number of nitrogens with one attached hydrogen (secondary N) is 1. The van der Waals surface area contributed by atoms with Crippen LogP contribution >= 0.6 is 0 Å². The molecule has 0 spiro atoms. The fourth-order valence-electron chi connectivity index (χ4n) is 4.81. The number of sulfonamides is 1. The molecule has 0 aliphatic carbocycles.